The van der Waals surface area contributed by atoms with E-state index in [0.29, 0.717) is 19.1 Å². The fourth-order valence-corrected chi connectivity index (χ4v) is 3.23. The largest absolute Gasteiger partial charge is 0.395 e. The molecule has 0 aliphatic carbocycles. The van der Waals surface area contributed by atoms with Gasteiger partial charge in [0.15, 0.2) is 0 Å². The van der Waals surface area contributed by atoms with Crippen molar-refractivity contribution in [2.75, 3.05) is 33.4 Å². The molecule has 3 N–H and O–H groups in total. The first-order valence-corrected chi connectivity index (χ1v) is 7.20. The molecule has 0 aromatic heterocycles. The van der Waals surface area contributed by atoms with Crippen LogP contribution in [0.2, 0.25) is 0 Å². The Kier molecular flexibility index (Phi) is 5.77. The molecule has 5 nitrogen and oxygen atoms in total. The van der Waals surface area contributed by atoms with E-state index in [1.54, 1.807) is 0 Å². The van der Waals surface area contributed by atoms with Crippen LogP contribution in [0.1, 0.15) is 40.5 Å². The SMILES string of the molecule is CN1C(C)(C)CC(N(CCO)NCCO)CC1(C)C. The smallest absolute Gasteiger partial charge is 0.0572 e. The van der Waals surface area contributed by atoms with E-state index in [4.69, 9.17) is 5.11 Å². The summed E-state index contributed by atoms with van der Waals surface area (Å²) in [5.74, 6) is 0. The first kappa shape index (κ1) is 16.9. The molecule has 1 fully saturated rings. The zero-order valence-corrected chi connectivity index (χ0v) is 13.1. The Labute approximate surface area is 117 Å². The standard InChI is InChI=1S/C14H31N3O2/c1-13(2)10-12(11-14(3,4)16(13)5)17(7-9-19)15-6-8-18/h12,15,18-19H,6-11H2,1-5H3. The van der Waals surface area contributed by atoms with Crippen LogP contribution < -0.4 is 5.43 Å². The van der Waals surface area contributed by atoms with Gasteiger partial charge < -0.3 is 10.2 Å². The number of nitrogens with one attached hydrogen (secondary N) is 1. The van der Waals surface area contributed by atoms with Crippen LogP contribution >= 0.6 is 0 Å². The van der Waals surface area contributed by atoms with Crippen LogP contribution in [0, 0.1) is 0 Å². The third kappa shape index (κ3) is 4.13. The number of likely N-dealkylation sites (tertiary alicyclic amines) is 1. The minimum absolute atomic E-state index is 0.112. The highest BCUT2D eigenvalue weighted by Gasteiger charge is 2.44. The van der Waals surface area contributed by atoms with Gasteiger partial charge in [0, 0.05) is 30.2 Å². The maximum atomic E-state index is 9.22. The monoisotopic (exact) mass is 273 g/mol. The molecule has 0 atom stereocenters. The second-order valence-corrected chi connectivity index (χ2v) is 6.79. The third-order valence-electron chi connectivity index (χ3n) is 4.49. The maximum Gasteiger partial charge on any atom is 0.0572 e. The number of hydrazine groups is 1. The normalized spacial score (nSPS) is 24.0. The van der Waals surface area contributed by atoms with Crippen molar-refractivity contribution in [2.24, 2.45) is 0 Å². The Morgan fingerprint density at radius 1 is 1.11 bits per heavy atom. The molecule has 0 aromatic rings. The molecule has 1 aliphatic rings. The molecule has 0 aromatic carbocycles. The van der Waals surface area contributed by atoms with Crippen LogP contribution in [-0.4, -0.2) is 70.6 Å². The molecular formula is C14H31N3O2. The summed E-state index contributed by atoms with van der Waals surface area (Å²) in [5.41, 5.74) is 3.49. The molecule has 1 heterocycles. The van der Waals surface area contributed by atoms with Gasteiger partial charge in [-0.2, -0.15) is 0 Å². The van der Waals surface area contributed by atoms with Crippen LogP contribution in [0.4, 0.5) is 0 Å². The van der Waals surface area contributed by atoms with Gasteiger partial charge in [-0.1, -0.05) is 0 Å². The van der Waals surface area contributed by atoms with E-state index in [1.165, 1.54) is 0 Å². The highest BCUT2D eigenvalue weighted by Crippen LogP contribution is 2.38. The first-order chi connectivity index (χ1) is 8.74. The molecule has 0 bridgehead atoms. The van der Waals surface area contributed by atoms with Crippen molar-refractivity contribution in [3.63, 3.8) is 0 Å². The predicted molar refractivity (Wildman–Crippen MR) is 77.8 cm³/mol. The molecule has 0 saturated carbocycles. The van der Waals surface area contributed by atoms with Gasteiger partial charge in [0.2, 0.25) is 0 Å². The molecule has 0 spiro atoms. The molecule has 1 rings (SSSR count). The summed E-state index contributed by atoms with van der Waals surface area (Å²) in [4.78, 5) is 2.44. The average molecular weight is 273 g/mol. The number of piperidine rings is 1. The van der Waals surface area contributed by atoms with Crippen molar-refractivity contribution < 1.29 is 10.2 Å². The molecular weight excluding hydrogens is 242 g/mol. The summed E-state index contributed by atoms with van der Waals surface area (Å²) in [7, 11) is 2.19. The van der Waals surface area contributed by atoms with Crippen molar-refractivity contribution in [2.45, 2.75) is 57.7 Å². The van der Waals surface area contributed by atoms with Gasteiger partial charge >= 0.3 is 0 Å². The second kappa shape index (κ2) is 6.50. The van der Waals surface area contributed by atoms with Crippen LogP contribution in [0.15, 0.2) is 0 Å². The predicted octanol–water partition coefficient (Wildman–Crippen LogP) is 0.429. The number of aliphatic hydroxyl groups excluding tert-OH is 2. The summed E-state index contributed by atoms with van der Waals surface area (Å²) < 4.78 is 0. The molecule has 19 heavy (non-hydrogen) atoms. The lowest BCUT2D eigenvalue weighted by molar-refractivity contribution is -0.0634. The van der Waals surface area contributed by atoms with E-state index in [2.05, 4.69) is 50.1 Å². The third-order valence-corrected chi connectivity index (χ3v) is 4.49. The number of nitrogens with zero attached hydrogens (tertiary/aromatic N) is 2. The number of aliphatic hydroxyl groups is 2. The zero-order chi connectivity index (χ0) is 14.7. The van der Waals surface area contributed by atoms with E-state index in [0.717, 1.165) is 12.8 Å². The van der Waals surface area contributed by atoms with E-state index in [9.17, 15) is 5.11 Å². The Morgan fingerprint density at radius 2 is 1.63 bits per heavy atom. The molecule has 5 heteroatoms. The van der Waals surface area contributed by atoms with E-state index < -0.39 is 0 Å². The van der Waals surface area contributed by atoms with E-state index in [1.807, 2.05) is 0 Å². The Bertz CT molecular complexity index is 264. The van der Waals surface area contributed by atoms with Gasteiger partial charge in [-0.05, 0) is 47.6 Å². The van der Waals surface area contributed by atoms with Crippen LogP contribution in [0.5, 0.6) is 0 Å². The Balaban J connectivity index is 2.80. The molecule has 1 saturated heterocycles. The molecule has 0 radical (unpaired) electrons. The van der Waals surface area contributed by atoms with Crippen LogP contribution in [0.25, 0.3) is 0 Å². The minimum atomic E-state index is 0.112. The zero-order valence-electron chi connectivity index (χ0n) is 13.1. The molecule has 0 amide bonds. The second-order valence-electron chi connectivity index (χ2n) is 6.79. The Morgan fingerprint density at radius 3 is 2.05 bits per heavy atom. The lowest BCUT2D eigenvalue weighted by atomic mass is 9.77. The van der Waals surface area contributed by atoms with Crippen molar-refractivity contribution in [1.82, 2.24) is 15.3 Å². The minimum Gasteiger partial charge on any atom is -0.395 e. The quantitative estimate of drug-likeness (QED) is 0.613. The number of hydrogen-bond donors (Lipinski definition) is 3. The molecule has 1 aliphatic heterocycles. The lowest BCUT2D eigenvalue weighted by Crippen LogP contribution is -2.64. The van der Waals surface area contributed by atoms with Gasteiger partial charge in [0.1, 0.15) is 0 Å². The van der Waals surface area contributed by atoms with Crippen LogP contribution in [-0.2, 0) is 0 Å². The van der Waals surface area contributed by atoms with E-state index >= 15 is 0 Å². The summed E-state index contributed by atoms with van der Waals surface area (Å²) >= 11 is 0. The van der Waals surface area contributed by atoms with Crippen molar-refractivity contribution in [3.8, 4) is 0 Å². The van der Waals surface area contributed by atoms with Gasteiger partial charge in [0.25, 0.3) is 0 Å². The summed E-state index contributed by atoms with van der Waals surface area (Å²) in [5, 5.41) is 20.3. The number of hydrogen-bond acceptors (Lipinski definition) is 5. The van der Waals surface area contributed by atoms with Crippen molar-refractivity contribution >= 4 is 0 Å². The summed E-state index contributed by atoms with van der Waals surface area (Å²) in [6.45, 7) is 10.4. The van der Waals surface area contributed by atoms with Gasteiger partial charge in [0.05, 0.1) is 13.2 Å². The molecule has 0 unspecified atom stereocenters. The van der Waals surface area contributed by atoms with E-state index in [-0.39, 0.29) is 24.3 Å². The maximum absolute atomic E-state index is 9.22. The van der Waals surface area contributed by atoms with Crippen molar-refractivity contribution in [3.05, 3.63) is 0 Å². The number of rotatable bonds is 6. The fourth-order valence-electron chi connectivity index (χ4n) is 3.23. The average Bonchev–Trinajstić information content (AvgIpc) is 2.30. The van der Waals surface area contributed by atoms with Gasteiger partial charge in [-0.3, -0.25) is 10.3 Å². The van der Waals surface area contributed by atoms with Crippen LogP contribution in [0.3, 0.4) is 0 Å². The highest BCUT2D eigenvalue weighted by molar-refractivity contribution is 5.00. The van der Waals surface area contributed by atoms with Gasteiger partial charge in [-0.25, -0.2) is 5.01 Å². The van der Waals surface area contributed by atoms with Gasteiger partial charge in [-0.15, -0.1) is 0 Å². The molecule has 114 valence electrons. The topological polar surface area (TPSA) is 59.0 Å². The first-order valence-electron chi connectivity index (χ1n) is 7.20. The summed E-state index contributed by atoms with van der Waals surface area (Å²) in [6.07, 6.45) is 2.09. The Hall–Kier alpha value is -0.200. The fraction of sp³-hybridized carbons (Fsp3) is 1.00. The highest BCUT2D eigenvalue weighted by atomic mass is 16.3. The van der Waals surface area contributed by atoms with Crippen molar-refractivity contribution in [1.29, 1.82) is 0 Å². The summed E-state index contributed by atoms with van der Waals surface area (Å²) in [6, 6.07) is 0.375. The lowest BCUT2D eigenvalue weighted by Gasteiger charge is -2.55.